The van der Waals surface area contributed by atoms with Gasteiger partial charge in [-0.25, -0.2) is 6.07 Å². The second kappa shape index (κ2) is 14.3. The first kappa shape index (κ1) is 37.3. The van der Waals surface area contributed by atoms with Gasteiger partial charge in [-0.3, -0.25) is 0 Å². The fourth-order valence-corrected chi connectivity index (χ4v) is 6.55. The third kappa shape index (κ3) is 10.4. The van der Waals surface area contributed by atoms with Gasteiger partial charge < -0.3 is 24.8 Å². The number of aryl methyl sites for hydroxylation is 2. The van der Waals surface area contributed by atoms with Crippen LogP contribution in [-0.4, -0.2) is 11.3 Å². The van der Waals surface area contributed by atoms with E-state index in [4.69, 9.17) is 0 Å². The molecule has 3 aromatic carbocycles. The minimum Gasteiger partial charge on any atom is -1.00 e. The van der Waals surface area contributed by atoms with Crippen molar-refractivity contribution in [1.82, 2.24) is 0 Å². The molecule has 0 N–H and O–H groups in total. The summed E-state index contributed by atoms with van der Waals surface area (Å²) in [6, 6.07) is 19.8. The molecule has 0 aliphatic heterocycles. The largest absolute Gasteiger partial charge is 1.00 e. The zero-order valence-corrected chi connectivity index (χ0v) is 31.0. The molecule has 0 nitrogen and oxygen atoms in total. The quantitative estimate of drug-likeness (QED) is 0.221. The van der Waals surface area contributed by atoms with E-state index in [2.05, 4.69) is 137 Å². The van der Waals surface area contributed by atoms with Crippen LogP contribution in [0.5, 0.6) is 0 Å². The molecule has 0 fully saturated rings. The second-order valence-corrected chi connectivity index (χ2v) is 21.2. The topological polar surface area (TPSA) is 0 Å². The van der Waals surface area contributed by atoms with E-state index in [0.717, 1.165) is 6.42 Å². The van der Waals surface area contributed by atoms with Gasteiger partial charge in [-0.15, -0.1) is 11.1 Å². The van der Waals surface area contributed by atoms with Crippen molar-refractivity contribution < 1.29 is 49.0 Å². The summed E-state index contributed by atoms with van der Waals surface area (Å²) in [4.78, 5) is 0. The van der Waals surface area contributed by atoms with Crippen LogP contribution in [-0.2, 0) is 41.5 Å². The predicted octanol–water partition coefficient (Wildman–Crippen LogP) is 2.97. The fraction of sp³-hybridized carbons (Fsp3) is 0.471. The van der Waals surface area contributed by atoms with Crippen molar-refractivity contribution >= 4 is 16.5 Å². The Kier molecular flexibility index (Phi) is 14.0. The number of rotatable bonds is 1. The monoisotopic (exact) mass is 644 g/mol. The Hall–Kier alpha value is -0.660. The predicted molar refractivity (Wildman–Crippen MR) is 162 cm³/mol. The van der Waals surface area contributed by atoms with Crippen molar-refractivity contribution in [3.63, 3.8) is 0 Å². The van der Waals surface area contributed by atoms with Gasteiger partial charge in [0.2, 0.25) is 0 Å². The van der Waals surface area contributed by atoms with E-state index < -0.39 is 8.07 Å². The maximum atomic E-state index is 3.67. The van der Waals surface area contributed by atoms with Gasteiger partial charge in [0, 0.05) is 8.07 Å². The third-order valence-corrected chi connectivity index (χ3v) is 8.67. The molecule has 1 aliphatic rings. The Balaban J connectivity index is 0.000000684. The van der Waals surface area contributed by atoms with E-state index >= 15 is 0 Å². The molecular formula is C34H48Cl2SiZr-2. The number of halogens is 2. The van der Waals surface area contributed by atoms with Gasteiger partial charge in [-0.2, -0.15) is 46.1 Å². The molecule has 38 heavy (non-hydrogen) atoms. The Morgan fingerprint density at radius 1 is 0.842 bits per heavy atom. The van der Waals surface area contributed by atoms with Crippen LogP contribution >= 0.6 is 0 Å². The van der Waals surface area contributed by atoms with Gasteiger partial charge in [0.1, 0.15) is 0 Å². The number of fused-ring (bicyclic) bond motifs is 3. The fourth-order valence-electron chi connectivity index (χ4n) is 4.64. The number of hydrogen-bond acceptors (Lipinski definition) is 0. The molecule has 0 spiro atoms. The molecule has 0 amide bonds. The molecular weight excluding hydrogens is 599 g/mol. The first-order valence-corrected chi connectivity index (χ1v) is 18.0. The van der Waals surface area contributed by atoms with Crippen molar-refractivity contribution in [1.29, 1.82) is 0 Å². The smallest absolute Gasteiger partial charge is 0.00418 e. The van der Waals surface area contributed by atoms with E-state index in [-0.39, 0.29) is 35.6 Å². The van der Waals surface area contributed by atoms with Gasteiger partial charge in [0.05, 0.1) is 0 Å². The second-order valence-electron chi connectivity index (χ2n) is 13.7. The normalized spacial score (nSPS) is 12.0. The van der Waals surface area contributed by atoms with E-state index in [1.165, 1.54) is 47.7 Å². The molecule has 0 saturated carbocycles. The maximum absolute atomic E-state index is 3.67. The van der Waals surface area contributed by atoms with E-state index in [9.17, 15) is 0 Å². The van der Waals surface area contributed by atoms with Gasteiger partial charge >= 0.3 is 41.3 Å². The minimum absolute atomic E-state index is 0. The molecule has 1 aliphatic carbocycles. The van der Waals surface area contributed by atoms with Crippen molar-refractivity contribution in [3.05, 3.63) is 81.9 Å². The standard InChI is InChI=1S/C21H25.C10H17Si.C3H6.2ClH.Zr/c1-20(2,3)16-7-9-18-14(12-16)11-15-13-17(21(4,5)6)8-10-19(15)18;1-8-6-9(2)10(7-8)11(3,4)5;1-3-2;;;/h7-10,12H,11H2,1-6H3;6-7H,1-5H3;1-2H3;2*1H;/q2*-1;;;;+2/p-2. The molecule has 208 valence electrons. The molecule has 0 saturated heterocycles. The summed E-state index contributed by atoms with van der Waals surface area (Å²) in [5, 5.41) is 1.62. The van der Waals surface area contributed by atoms with Crippen molar-refractivity contribution in [2.24, 2.45) is 0 Å². The van der Waals surface area contributed by atoms with Crippen molar-refractivity contribution in [3.8, 4) is 11.1 Å². The van der Waals surface area contributed by atoms with Crippen LogP contribution in [0.4, 0.5) is 0 Å². The average molecular weight is 647 g/mol. The summed E-state index contributed by atoms with van der Waals surface area (Å²) in [6.07, 6.45) is 1.03. The van der Waals surface area contributed by atoms with Gasteiger partial charge in [0.25, 0.3) is 0 Å². The van der Waals surface area contributed by atoms with Crippen LogP contribution in [0.25, 0.3) is 11.1 Å². The molecule has 0 unspecified atom stereocenters. The van der Waals surface area contributed by atoms with Crippen molar-refractivity contribution in [2.75, 3.05) is 0 Å². The molecule has 4 heteroatoms. The molecule has 0 radical (unpaired) electrons. The Labute approximate surface area is 262 Å². The zero-order valence-electron chi connectivity index (χ0n) is 26.0. The zero-order chi connectivity index (χ0) is 27.6. The van der Waals surface area contributed by atoms with Crippen LogP contribution < -0.4 is 30.0 Å². The molecule has 3 aromatic rings. The summed E-state index contributed by atoms with van der Waals surface area (Å²) in [5.74, 6) is 0. The number of benzene rings is 2. The maximum Gasteiger partial charge on any atom is 0.00418 e. The van der Waals surface area contributed by atoms with Crippen LogP contribution in [0, 0.1) is 19.9 Å². The van der Waals surface area contributed by atoms with Crippen LogP contribution in [0.3, 0.4) is 0 Å². The van der Waals surface area contributed by atoms with Crippen LogP contribution in [0.15, 0.2) is 42.5 Å². The van der Waals surface area contributed by atoms with Crippen LogP contribution in [0.2, 0.25) is 19.6 Å². The first-order valence-electron chi connectivity index (χ1n) is 13.3. The Morgan fingerprint density at radius 2 is 1.37 bits per heavy atom. The van der Waals surface area contributed by atoms with E-state index in [1.54, 1.807) is 29.4 Å². The van der Waals surface area contributed by atoms with E-state index in [1.807, 2.05) is 0 Å². The average Bonchev–Trinajstić information content (AvgIpc) is 3.24. The molecule has 0 aromatic heterocycles. The summed E-state index contributed by atoms with van der Waals surface area (Å²) in [6.45, 7) is 29.4. The summed E-state index contributed by atoms with van der Waals surface area (Å²) in [7, 11) is -1.06. The molecule has 0 bridgehead atoms. The van der Waals surface area contributed by atoms with Gasteiger partial charge in [-0.05, 0) is 28.4 Å². The molecule has 0 heterocycles. The third-order valence-electron chi connectivity index (χ3n) is 6.51. The van der Waals surface area contributed by atoms with Gasteiger partial charge in [0.15, 0.2) is 0 Å². The first-order chi connectivity index (χ1) is 16.3. The SMILES string of the molecule is CC(C)(C)c1[c-]c2c(cc1)-c1ccc(C(C)(C)C)cc1C2.C[C](C)=[Zr+2].Cc1cc([Si](C)(C)C)c(C)[cH-]1.[Cl-].[Cl-]. The molecule has 4 rings (SSSR count). The van der Waals surface area contributed by atoms with Gasteiger partial charge in [-0.1, -0.05) is 98.8 Å². The number of hydrogen-bond donors (Lipinski definition) is 0. The Bertz CT molecular complexity index is 1150. The Morgan fingerprint density at radius 3 is 1.76 bits per heavy atom. The van der Waals surface area contributed by atoms with Crippen LogP contribution in [0.1, 0.15) is 88.8 Å². The summed E-state index contributed by atoms with van der Waals surface area (Å²) < 4.78 is 1.51. The summed E-state index contributed by atoms with van der Waals surface area (Å²) in [5.41, 5.74) is 11.6. The minimum atomic E-state index is -1.06. The molecule has 0 atom stereocenters. The van der Waals surface area contributed by atoms with Crippen molar-refractivity contribution in [2.45, 2.75) is 106 Å². The summed E-state index contributed by atoms with van der Waals surface area (Å²) >= 11 is 1.55. The van der Waals surface area contributed by atoms with E-state index in [0.29, 0.717) is 0 Å².